The van der Waals surface area contributed by atoms with Gasteiger partial charge in [-0.25, -0.2) is 0 Å². The van der Waals surface area contributed by atoms with Crippen molar-refractivity contribution in [2.24, 2.45) is 5.73 Å². The molecule has 0 fully saturated rings. The van der Waals surface area contributed by atoms with Crippen LogP contribution < -0.4 is 10.6 Å². The van der Waals surface area contributed by atoms with Crippen LogP contribution in [0.25, 0.3) is 0 Å². The van der Waals surface area contributed by atoms with E-state index in [0.717, 1.165) is 36.5 Å². The maximum atomic E-state index is 6.55. The van der Waals surface area contributed by atoms with Gasteiger partial charge in [0.05, 0.1) is 10.7 Å². The average Bonchev–Trinajstić information content (AvgIpc) is 2.48. The van der Waals surface area contributed by atoms with E-state index in [9.17, 15) is 0 Å². The molecule has 0 radical (unpaired) electrons. The fourth-order valence-corrected chi connectivity index (χ4v) is 2.80. The molecule has 0 bridgehead atoms. The molecule has 0 aromatic heterocycles. The molecular formula is C18H31ClN2. The predicted octanol–water partition coefficient (Wildman–Crippen LogP) is 5.02. The van der Waals surface area contributed by atoms with Crippen molar-refractivity contribution in [2.45, 2.75) is 71.9 Å². The summed E-state index contributed by atoms with van der Waals surface area (Å²) in [5, 5.41) is 0.854. The van der Waals surface area contributed by atoms with Gasteiger partial charge in [0.25, 0.3) is 0 Å². The van der Waals surface area contributed by atoms with Gasteiger partial charge in [0.15, 0.2) is 0 Å². The van der Waals surface area contributed by atoms with Gasteiger partial charge in [0.1, 0.15) is 0 Å². The van der Waals surface area contributed by atoms with Crippen molar-refractivity contribution in [3.63, 3.8) is 0 Å². The third-order valence-corrected chi connectivity index (χ3v) is 4.52. The maximum Gasteiger partial charge on any atom is 0.0642 e. The summed E-state index contributed by atoms with van der Waals surface area (Å²) in [4.78, 5) is 2.44. The summed E-state index contributed by atoms with van der Waals surface area (Å²) in [6, 6.07) is 7.17. The lowest BCUT2D eigenvalue weighted by Crippen LogP contribution is -2.33. The SMILES string of the molecule is CCCCN(c1ccc(CC(N)CC)cc1Cl)C(C)CC. The van der Waals surface area contributed by atoms with Crippen LogP contribution in [0.4, 0.5) is 5.69 Å². The van der Waals surface area contributed by atoms with Crippen LogP contribution in [0.2, 0.25) is 5.02 Å². The number of benzene rings is 1. The van der Waals surface area contributed by atoms with Crippen LogP contribution in [-0.2, 0) is 6.42 Å². The second-order valence-corrected chi connectivity index (χ2v) is 6.37. The van der Waals surface area contributed by atoms with Crippen LogP contribution in [0, 0.1) is 0 Å². The van der Waals surface area contributed by atoms with E-state index in [1.54, 1.807) is 0 Å². The molecule has 0 spiro atoms. The first-order valence-electron chi connectivity index (χ1n) is 8.34. The lowest BCUT2D eigenvalue weighted by atomic mass is 10.0. The monoisotopic (exact) mass is 310 g/mol. The Morgan fingerprint density at radius 3 is 2.43 bits per heavy atom. The molecule has 0 amide bonds. The zero-order valence-corrected chi connectivity index (χ0v) is 14.8. The third kappa shape index (κ3) is 5.52. The number of hydrogen-bond acceptors (Lipinski definition) is 2. The second-order valence-electron chi connectivity index (χ2n) is 5.96. The Hall–Kier alpha value is -0.730. The normalized spacial score (nSPS) is 14.0. The Morgan fingerprint density at radius 2 is 1.90 bits per heavy atom. The number of halogens is 1. The molecule has 0 heterocycles. The van der Waals surface area contributed by atoms with Gasteiger partial charge in [-0.15, -0.1) is 0 Å². The Balaban J connectivity index is 2.93. The van der Waals surface area contributed by atoms with Crippen LogP contribution in [0.3, 0.4) is 0 Å². The Labute approximate surface area is 135 Å². The molecule has 2 unspecified atom stereocenters. The Kier molecular flexibility index (Phi) is 8.13. The minimum atomic E-state index is 0.220. The van der Waals surface area contributed by atoms with Gasteiger partial charge in [-0.2, -0.15) is 0 Å². The van der Waals surface area contributed by atoms with Gasteiger partial charge in [0.2, 0.25) is 0 Å². The molecule has 1 aromatic carbocycles. The lowest BCUT2D eigenvalue weighted by molar-refractivity contribution is 0.595. The molecule has 120 valence electrons. The lowest BCUT2D eigenvalue weighted by Gasteiger charge is -2.32. The van der Waals surface area contributed by atoms with Crippen LogP contribution in [0.5, 0.6) is 0 Å². The van der Waals surface area contributed by atoms with Crippen molar-refractivity contribution >= 4 is 17.3 Å². The van der Waals surface area contributed by atoms with E-state index in [2.05, 4.69) is 50.8 Å². The van der Waals surface area contributed by atoms with Crippen molar-refractivity contribution in [3.05, 3.63) is 28.8 Å². The zero-order chi connectivity index (χ0) is 15.8. The summed E-state index contributed by atoms with van der Waals surface area (Å²) in [5.41, 5.74) is 8.43. The molecule has 2 N–H and O–H groups in total. The molecule has 1 aromatic rings. The van der Waals surface area contributed by atoms with Gasteiger partial charge in [-0.3, -0.25) is 0 Å². The maximum absolute atomic E-state index is 6.55. The Bertz CT molecular complexity index is 420. The molecule has 0 aliphatic heterocycles. The summed E-state index contributed by atoms with van der Waals surface area (Å²) in [6.07, 6.45) is 5.42. The average molecular weight is 311 g/mol. The summed E-state index contributed by atoms with van der Waals surface area (Å²) in [7, 11) is 0. The molecule has 3 heteroatoms. The fourth-order valence-electron chi connectivity index (χ4n) is 2.48. The smallest absolute Gasteiger partial charge is 0.0642 e. The number of nitrogens with two attached hydrogens (primary N) is 1. The van der Waals surface area contributed by atoms with E-state index in [-0.39, 0.29) is 6.04 Å². The molecule has 21 heavy (non-hydrogen) atoms. The number of nitrogens with zero attached hydrogens (tertiary/aromatic N) is 1. The van der Waals surface area contributed by atoms with Gasteiger partial charge < -0.3 is 10.6 Å². The summed E-state index contributed by atoms with van der Waals surface area (Å²) < 4.78 is 0. The minimum absolute atomic E-state index is 0.220. The highest BCUT2D eigenvalue weighted by Gasteiger charge is 2.16. The van der Waals surface area contributed by atoms with Crippen molar-refractivity contribution in [1.82, 2.24) is 0 Å². The first-order chi connectivity index (χ1) is 10.0. The molecule has 1 rings (SSSR count). The molecule has 2 nitrogen and oxygen atoms in total. The van der Waals surface area contributed by atoms with Crippen molar-refractivity contribution < 1.29 is 0 Å². The van der Waals surface area contributed by atoms with Crippen LogP contribution >= 0.6 is 11.6 Å². The number of hydrogen-bond donors (Lipinski definition) is 1. The highest BCUT2D eigenvalue weighted by atomic mass is 35.5. The fraction of sp³-hybridized carbons (Fsp3) is 0.667. The quantitative estimate of drug-likeness (QED) is 0.693. The van der Waals surface area contributed by atoms with Crippen molar-refractivity contribution in [1.29, 1.82) is 0 Å². The highest BCUT2D eigenvalue weighted by Crippen LogP contribution is 2.30. The van der Waals surface area contributed by atoms with Crippen molar-refractivity contribution in [3.8, 4) is 0 Å². The van der Waals surface area contributed by atoms with Gasteiger partial charge in [0, 0.05) is 18.6 Å². The van der Waals surface area contributed by atoms with E-state index >= 15 is 0 Å². The molecule has 0 saturated heterocycles. The summed E-state index contributed by atoms with van der Waals surface area (Å²) in [6.45, 7) is 9.92. The number of unbranched alkanes of at least 4 members (excludes halogenated alkanes) is 1. The largest absolute Gasteiger partial charge is 0.368 e. The van der Waals surface area contributed by atoms with E-state index in [4.69, 9.17) is 17.3 Å². The van der Waals surface area contributed by atoms with Crippen LogP contribution in [0.15, 0.2) is 18.2 Å². The first-order valence-corrected chi connectivity index (χ1v) is 8.71. The van der Waals surface area contributed by atoms with Crippen LogP contribution in [0.1, 0.15) is 58.9 Å². The van der Waals surface area contributed by atoms with Crippen molar-refractivity contribution in [2.75, 3.05) is 11.4 Å². The summed E-state index contributed by atoms with van der Waals surface area (Å²) >= 11 is 6.55. The molecule has 2 atom stereocenters. The van der Waals surface area contributed by atoms with Gasteiger partial charge in [-0.1, -0.05) is 44.9 Å². The topological polar surface area (TPSA) is 29.3 Å². The summed E-state index contributed by atoms with van der Waals surface area (Å²) in [5.74, 6) is 0. The zero-order valence-electron chi connectivity index (χ0n) is 14.0. The van der Waals surface area contributed by atoms with E-state index in [1.807, 2.05) is 0 Å². The predicted molar refractivity (Wildman–Crippen MR) is 95.4 cm³/mol. The van der Waals surface area contributed by atoms with Gasteiger partial charge in [-0.05, 0) is 50.3 Å². The standard InChI is InChI=1S/C18H31ClN2/c1-5-8-11-21(14(4)6-2)18-10-9-15(13-17(18)19)12-16(20)7-3/h9-10,13-14,16H,5-8,11-12,20H2,1-4H3. The minimum Gasteiger partial charge on any atom is -0.368 e. The van der Waals surface area contributed by atoms with Crippen LogP contribution in [-0.4, -0.2) is 18.6 Å². The number of rotatable bonds is 9. The molecular weight excluding hydrogens is 280 g/mol. The van der Waals surface area contributed by atoms with Gasteiger partial charge >= 0.3 is 0 Å². The Morgan fingerprint density at radius 1 is 1.19 bits per heavy atom. The second kappa shape index (κ2) is 9.32. The first kappa shape index (κ1) is 18.3. The molecule has 0 aliphatic carbocycles. The van der Waals surface area contributed by atoms with E-state index in [0.29, 0.717) is 6.04 Å². The van der Waals surface area contributed by atoms with E-state index in [1.165, 1.54) is 18.4 Å². The third-order valence-electron chi connectivity index (χ3n) is 4.22. The molecule has 0 saturated carbocycles. The number of anilines is 1. The molecule has 0 aliphatic rings. The highest BCUT2D eigenvalue weighted by molar-refractivity contribution is 6.33. The van der Waals surface area contributed by atoms with E-state index < -0.39 is 0 Å².